The summed E-state index contributed by atoms with van der Waals surface area (Å²) in [6, 6.07) is 0.405. The van der Waals surface area contributed by atoms with E-state index in [1.807, 2.05) is 18.5 Å². The van der Waals surface area contributed by atoms with Crippen LogP contribution in [-0.2, 0) is 11.8 Å². The molecule has 0 spiro atoms. The number of thioether (sulfide) groups is 1. The Hall–Kier alpha value is -1.08. The number of nitrogens with one attached hydrogen (secondary N) is 1. The Bertz CT molecular complexity index is 543. The molecular weight excluding hydrogens is 288 g/mol. The highest BCUT2D eigenvalue weighted by Crippen LogP contribution is 2.39. The van der Waals surface area contributed by atoms with Gasteiger partial charge in [0, 0.05) is 18.3 Å². The van der Waals surface area contributed by atoms with Crippen LogP contribution >= 0.6 is 11.8 Å². The summed E-state index contributed by atoms with van der Waals surface area (Å²) in [5.74, 6) is 0.183. The normalized spacial score (nSPS) is 29.5. The second kappa shape index (κ2) is 5.61. The lowest BCUT2D eigenvalue weighted by molar-refractivity contribution is -0.146. The van der Waals surface area contributed by atoms with Crippen molar-refractivity contribution in [3.05, 3.63) is 5.82 Å². The summed E-state index contributed by atoms with van der Waals surface area (Å²) in [5, 5.41) is 22.5. The molecule has 2 fully saturated rings. The number of hydrogen-bond donors (Lipinski definition) is 2. The highest BCUT2D eigenvalue weighted by Gasteiger charge is 2.46. The van der Waals surface area contributed by atoms with Crippen molar-refractivity contribution in [1.29, 1.82) is 0 Å². The fourth-order valence-electron chi connectivity index (χ4n) is 2.97. The van der Waals surface area contributed by atoms with E-state index in [0.29, 0.717) is 12.5 Å². The second-order valence-corrected chi connectivity index (χ2v) is 7.50. The van der Waals surface area contributed by atoms with Gasteiger partial charge in [0.1, 0.15) is 11.4 Å². The first-order valence-corrected chi connectivity index (χ1v) is 8.42. The van der Waals surface area contributed by atoms with Crippen molar-refractivity contribution in [3.8, 4) is 0 Å². The van der Waals surface area contributed by atoms with Crippen molar-refractivity contribution in [2.24, 2.45) is 7.05 Å². The van der Waals surface area contributed by atoms with Crippen LogP contribution in [0.4, 0.5) is 0 Å². The summed E-state index contributed by atoms with van der Waals surface area (Å²) in [5.41, 5.74) is -0.745. The van der Waals surface area contributed by atoms with Crippen LogP contribution in [0.25, 0.3) is 0 Å². The number of rotatable bonds is 5. The Morgan fingerprint density at radius 2 is 2.19 bits per heavy atom. The van der Waals surface area contributed by atoms with Crippen LogP contribution in [0.1, 0.15) is 44.3 Å². The predicted octanol–water partition coefficient (Wildman–Crippen LogP) is 1.73. The average molecular weight is 310 g/mol. The van der Waals surface area contributed by atoms with E-state index >= 15 is 0 Å². The van der Waals surface area contributed by atoms with E-state index in [1.165, 1.54) is 0 Å². The summed E-state index contributed by atoms with van der Waals surface area (Å²) in [6.07, 6.45) is 5.59. The zero-order chi connectivity index (χ0) is 15.0. The zero-order valence-corrected chi connectivity index (χ0v) is 13.3. The molecule has 0 aliphatic heterocycles. The molecule has 2 unspecified atom stereocenters. The maximum absolute atomic E-state index is 11.8. The van der Waals surface area contributed by atoms with Gasteiger partial charge < -0.3 is 9.67 Å². The molecule has 116 valence electrons. The van der Waals surface area contributed by atoms with Gasteiger partial charge >= 0.3 is 5.97 Å². The Morgan fingerprint density at radius 1 is 1.43 bits per heavy atom. The maximum Gasteiger partial charge on any atom is 0.323 e. The molecule has 1 aromatic rings. The minimum atomic E-state index is -0.745. The van der Waals surface area contributed by atoms with Gasteiger partial charge in [-0.1, -0.05) is 11.8 Å². The summed E-state index contributed by atoms with van der Waals surface area (Å²) in [7, 11) is 1.95. The lowest BCUT2D eigenvalue weighted by Gasteiger charge is -2.38. The van der Waals surface area contributed by atoms with E-state index in [2.05, 4.69) is 15.5 Å². The second-order valence-electron chi connectivity index (χ2n) is 6.23. The fourth-order valence-corrected chi connectivity index (χ4v) is 4.30. The molecule has 2 N–H and O–H groups in total. The maximum atomic E-state index is 11.8. The summed E-state index contributed by atoms with van der Waals surface area (Å²) in [6.45, 7) is 1.92. The molecule has 3 rings (SSSR count). The first-order valence-electron chi connectivity index (χ1n) is 7.54. The molecule has 0 bridgehead atoms. The van der Waals surface area contributed by atoms with Crippen molar-refractivity contribution in [1.82, 2.24) is 20.1 Å². The summed E-state index contributed by atoms with van der Waals surface area (Å²) < 4.78 is 1.97. The van der Waals surface area contributed by atoms with Gasteiger partial charge in [0.05, 0.1) is 0 Å². The van der Waals surface area contributed by atoms with Gasteiger partial charge in [0.25, 0.3) is 0 Å². The van der Waals surface area contributed by atoms with Crippen LogP contribution in [0.2, 0.25) is 0 Å². The van der Waals surface area contributed by atoms with Crippen molar-refractivity contribution in [2.45, 2.75) is 67.4 Å². The molecule has 1 aromatic heterocycles. The molecule has 0 radical (unpaired) electrons. The van der Waals surface area contributed by atoms with Gasteiger partial charge in [0.2, 0.25) is 0 Å². The Morgan fingerprint density at radius 3 is 2.76 bits per heavy atom. The zero-order valence-electron chi connectivity index (χ0n) is 12.5. The number of aryl methyl sites for hydroxylation is 1. The van der Waals surface area contributed by atoms with Crippen LogP contribution in [0, 0.1) is 6.92 Å². The van der Waals surface area contributed by atoms with E-state index in [4.69, 9.17) is 0 Å². The molecular formula is C14H22N4O2S. The first kappa shape index (κ1) is 14.8. The number of carboxylic acid groups (broad SMARTS) is 1. The number of hydrogen-bond acceptors (Lipinski definition) is 5. The predicted molar refractivity (Wildman–Crippen MR) is 80.4 cm³/mol. The molecule has 2 aliphatic carbocycles. The van der Waals surface area contributed by atoms with Crippen molar-refractivity contribution in [2.75, 3.05) is 0 Å². The summed E-state index contributed by atoms with van der Waals surface area (Å²) >= 11 is 1.67. The molecule has 0 amide bonds. The van der Waals surface area contributed by atoms with Gasteiger partial charge in [-0.25, -0.2) is 0 Å². The van der Waals surface area contributed by atoms with Gasteiger partial charge in [0.15, 0.2) is 5.16 Å². The molecule has 21 heavy (non-hydrogen) atoms. The van der Waals surface area contributed by atoms with Crippen molar-refractivity contribution < 1.29 is 9.90 Å². The monoisotopic (exact) mass is 310 g/mol. The molecule has 2 atom stereocenters. The Labute approximate surface area is 128 Å². The number of carboxylic acids is 1. The van der Waals surface area contributed by atoms with Gasteiger partial charge in [-0.3, -0.25) is 10.1 Å². The van der Waals surface area contributed by atoms with Gasteiger partial charge in [-0.05, 0) is 45.4 Å². The lowest BCUT2D eigenvalue weighted by atomic mass is 9.81. The molecule has 1 heterocycles. The lowest BCUT2D eigenvalue weighted by Crippen LogP contribution is -2.56. The number of aromatic nitrogens is 3. The van der Waals surface area contributed by atoms with Crippen LogP contribution in [-0.4, -0.2) is 42.7 Å². The largest absolute Gasteiger partial charge is 0.480 e. The number of carbonyl (C=O) groups is 1. The highest BCUT2D eigenvalue weighted by atomic mass is 32.2. The third kappa shape index (κ3) is 3.08. The Balaban J connectivity index is 1.71. The Kier molecular flexibility index (Phi) is 3.96. The van der Waals surface area contributed by atoms with E-state index in [1.54, 1.807) is 11.8 Å². The van der Waals surface area contributed by atoms with Crippen LogP contribution < -0.4 is 5.32 Å². The molecule has 2 aliphatic rings. The van der Waals surface area contributed by atoms with Gasteiger partial charge in [-0.15, -0.1) is 10.2 Å². The molecule has 0 aromatic carbocycles. The molecule has 7 heteroatoms. The molecule has 0 saturated heterocycles. The minimum absolute atomic E-state index is 0.281. The van der Waals surface area contributed by atoms with Gasteiger partial charge in [-0.2, -0.15) is 0 Å². The third-order valence-corrected chi connectivity index (χ3v) is 5.80. The van der Waals surface area contributed by atoms with Crippen LogP contribution in [0.15, 0.2) is 5.16 Å². The van der Waals surface area contributed by atoms with E-state index < -0.39 is 11.5 Å². The number of nitrogens with zero attached hydrogens (tertiary/aromatic N) is 3. The standard InChI is InChI=1S/C14H22N4O2S/c1-9-16-17-13(18(9)2)21-11-4-3-7-14(8-11,12(19)20)15-10-5-6-10/h10-11,15H,3-8H2,1-2H3,(H,19,20). The third-order valence-electron chi connectivity index (χ3n) is 4.50. The SMILES string of the molecule is Cc1nnc(SC2CCCC(NC3CC3)(C(=O)O)C2)n1C. The smallest absolute Gasteiger partial charge is 0.323 e. The van der Waals surface area contributed by atoms with Crippen molar-refractivity contribution >= 4 is 17.7 Å². The molecule has 2 saturated carbocycles. The van der Waals surface area contributed by atoms with Crippen LogP contribution in [0.5, 0.6) is 0 Å². The fraction of sp³-hybridized carbons (Fsp3) is 0.786. The van der Waals surface area contributed by atoms with Crippen LogP contribution in [0.3, 0.4) is 0 Å². The van der Waals surface area contributed by atoms with E-state index in [0.717, 1.165) is 43.1 Å². The van der Waals surface area contributed by atoms with Crippen molar-refractivity contribution in [3.63, 3.8) is 0 Å². The topological polar surface area (TPSA) is 80.0 Å². The minimum Gasteiger partial charge on any atom is -0.480 e. The quantitative estimate of drug-likeness (QED) is 0.862. The average Bonchev–Trinajstić information content (AvgIpc) is 3.20. The molecule has 6 nitrogen and oxygen atoms in total. The first-order chi connectivity index (χ1) is 10.00. The van der Waals surface area contributed by atoms with E-state index in [9.17, 15) is 9.90 Å². The van der Waals surface area contributed by atoms with E-state index in [-0.39, 0.29) is 5.25 Å². The number of aliphatic carboxylic acids is 1. The summed E-state index contributed by atoms with van der Waals surface area (Å²) in [4.78, 5) is 11.8. The highest BCUT2D eigenvalue weighted by molar-refractivity contribution is 7.99.